The largest absolute Gasteiger partial charge is 0.493 e. The van der Waals surface area contributed by atoms with E-state index in [1.54, 1.807) is 52.0 Å². The van der Waals surface area contributed by atoms with Crippen molar-refractivity contribution in [2.24, 2.45) is 10.8 Å². The number of fused-ring (bicyclic) bond motifs is 10. The monoisotopic (exact) mass is 838 g/mol. The summed E-state index contributed by atoms with van der Waals surface area (Å²) < 4.78 is 31.4. The summed E-state index contributed by atoms with van der Waals surface area (Å²) in [6.45, 7) is 5.33. The summed E-state index contributed by atoms with van der Waals surface area (Å²) in [5.41, 5.74) is 2.45. The minimum absolute atomic E-state index is 0.0971. The van der Waals surface area contributed by atoms with E-state index in [1.807, 2.05) is 34.1 Å². The molecule has 4 heterocycles. The number of hydrogen-bond donors (Lipinski definition) is 0. The van der Waals surface area contributed by atoms with Crippen molar-refractivity contribution in [1.82, 2.24) is 9.80 Å². The summed E-state index contributed by atoms with van der Waals surface area (Å²) in [6, 6.07) is 7.26. The van der Waals surface area contributed by atoms with Crippen LogP contribution in [0.2, 0.25) is 0 Å². The minimum Gasteiger partial charge on any atom is -0.493 e. The molecule has 4 aliphatic heterocycles. The predicted octanol–water partition coefficient (Wildman–Crippen LogP) is 6.74. The molecule has 2 aromatic rings. The van der Waals surface area contributed by atoms with Gasteiger partial charge in [-0.25, -0.2) is 0 Å². The van der Waals surface area contributed by atoms with Crippen molar-refractivity contribution < 1.29 is 47.6 Å². The zero-order valence-electron chi connectivity index (χ0n) is 35.2. The molecule has 0 unspecified atom stereocenters. The number of hydrogen-bond acceptors (Lipinski definition) is 12. The lowest BCUT2D eigenvalue weighted by molar-refractivity contribution is -0.159. The number of carbonyl (C=O) groups is 4. The van der Waals surface area contributed by atoms with Gasteiger partial charge in [0, 0.05) is 13.1 Å². The van der Waals surface area contributed by atoms with Crippen LogP contribution in [0, 0.1) is 10.8 Å². The van der Waals surface area contributed by atoms with Crippen LogP contribution in [0.25, 0.3) is 0 Å². The van der Waals surface area contributed by atoms with Crippen molar-refractivity contribution in [3.63, 3.8) is 0 Å². The highest BCUT2D eigenvalue weighted by molar-refractivity contribution is 8.01. The first-order valence-electron chi connectivity index (χ1n) is 20.6. The molecule has 2 amide bonds. The number of ether oxygens (including phenoxy) is 6. The number of nitrogens with zero attached hydrogens (tertiary/aromatic N) is 2. The molecule has 0 N–H and O–H groups in total. The zero-order chi connectivity index (χ0) is 41.6. The van der Waals surface area contributed by atoms with Crippen LogP contribution < -0.4 is 18.9 Å². The summed E-state index contributed by atoms with van der Waals surface area (Å²) in [6.07, 6.45) is 7.98. The number of rotatable bonds is 10. The highest BCUT2D eigenvalue weighted by Gasteiger charge is 2.75. The highest BCUT2D eigenvalue weighted by atomic mass is 32.2. The Morgan fingerprint density at radius 3 is 1.26 bits per heavy atom. The van der Waals surface area contributed by atoms with E-state index in [1.165, 1.54) is 14.2 Å². The van der Waals surface area contributed by atoms with Crippen molar-refractivity contribution in [2.75, 3.05) is 67.3 Å². The molecule has 8 rings (SSSR count). The number of amides is 2. The third-order valence-electron chi connectivity index (χ3n) is 13.9. The van der Waals surface area contributed by atoms with Crippen molar-refractivity contribution in [1.29, 1.82) is 0 Å². The first-order valence-corrected chi connectivity index (χ1v) is 22.5. The van der Waals surface area contributed by atoms with E-state index in [2.05, 4.69) is 13.8 Å². The van der Waals surface area contributed by atoms with Crippen LogP contribution in [0.1, 0.15) is 99.6 Å². The summed E-state index contributed by atoms with van der Waals surface area (Å²) in [5.74, 6) is 3.83. The Bertz CT molecular complexity index is 1810. The third kappa shape index (κ3) is 5.76. The van der Waals surface area contributed by atoms with Crippen molar-refractivity contribution in [2.45, 2.75) is 99.6 Å². The van der Waals surface area contributed by atoms with E-state index in [-0.39, 0.29) is 35.8 Å². The fourth-order valence-electron chi connectivity index (χ4n) is 11.7. The summed E-state index contributed by atoms with van der Waals surface area (Å²) in [5, 5.41) is 0. The first kappa shape index (κ1) is 42.3. The molecular formula is C44H58N2O10S2. The molecular weight excluding hydrogens is 781 g/mol. The lowest BCUT2D eigenvalue weighted by Gasteiger charge is -2.47. The summed E-state index contributed by atoms with van der Waals surface area (Å²) in [4.78, 5) is 58.5. The van der Waals surface area contributed by atoms with Gasteiger partial charge in [0.1, 0.15) is 20.3 Å². The van der Waals surface area contributed by atoms with Crippen LogP contribution in [0.4, 0.5) is 0 Å². The van der Waals surface area contributed by atoms with Gasteiger partial charge in [-0.05, 0) is 96.5 Å². The van der Waals surface area contributed by atoms with Gasteiger partial charge in [-0.15, -0.1) is 23.5 Å². The summed E-state index contributed by atoms with van der Waals surface area (Å²) in [7, 11) is 9.35. The minimum atomic E-state index is -0.882. The topological polar surface area (TPSA) is 130 Å². The van der Waals surface area contributed by atoms with E-state index in [0.29, 0.717) is 48.9 Å². The molecule has 6 atom stereocenters. The van der Waals surface area contributed by atoms with Crippen LogP contribution in [0.15, 0.2) is 24.3 Å². The molecule has 0 aromatic heterocycles. The van der Waals surface area contributed by atoms with Gasteiger partial charge in [-0.1, -0.05) is 39.5 Å². The molecule has 2 saturated heterocycles. The van der Waals surface area contributed by atoms with Gasteiger partial charge in [0.05, 0.1) is 54.7 Å². The van der Waals surface area contributed by atoms with E-state index in [4.69, 9.17) is 28.4 Å². The number of methoxy groups -OCH3 is 6. The maximum Gasteiger partial charge on any atom is 0.316 e. The molecule has 4 fully saturated rings. The van der Waals surface area contributed by atoms with Gasteiger partial charge in [0.25, 0.3) is 0 Å². The second kappa shape index (κ2) is 16.3. The van der Waals surface area contributed by atoms with Gasteiger partial charge in [-0.2, -0.15) is 0 Å². The predicted molar refractivity (Wildman–Crippen MR) is 223 cm³/mol. The Morgan fingerprint density at radius 1 is 0.586 bits per heavy atom. The second-order valence-electron chi connectivity index (χ2n) is 16.0. The molecule has 0 spiro atoms. The highest BCUT2D eigenvalue weighted by Crippen LogP contribution is 2.68. The van der Waals surface area contributed by atoms with E-state index in [0.717, 1.165) is 85.1 Å². The molecule has 12 nitrogen and oxygen atoms in total. The Balaban J connectivity index is 0.000000177. The van der Waals surface area contributed by atoms with Crippen LogP contribution in [0.3, 0.4) is 0 Å². The fourth-order valence-corrected chi connectivity index (χ4v) is 14.9. The first-order chi connectivity index (χ1) is 28.0. The maximum absolute atomic E-state index is 13.8. The second-order valence-corrected chi connectivity index (χ2v) is 19.1. The van der Waals surface area contributed by atoms with Gasteiger partial charge >= 0.3 is 11.9 Å². The fraction of sp³-hybridized carbons (Fsp3) is 0.636. The SMILES string of the molecule is CCS[C@@]12CCCC[C@]1(C(=O)OC)[C@@H]1c3cc(OC)c(OC)cc3CCN1C2=O.CCS[C@]12CCCC[C@@]1(C(=O)OC)[C@H]1c3cc(OC)c(OC)cc3CCN1C2=O. The Hall–Kier alpha value is -3.78. The van der Waals surface area contributed by atoms with Gasteiger partial charge in [0.2, 0.25) is 11.8 Å². The van der Waals surface area contributed by atoms with Crippen LogP contribution in [-0.4, -0.2) is 110 Å². The lowest BCUT2D eigenvalue weighted by atomic mass is 9.61. The Labute approximate surface area is 350 Å². The molecule has 6 aliphatic rings. The molecule has 14 heteroatoms. The zero-order valence-corrected chi connectivity index (χ0v) is 36.8. The standard InChI is InChI=1S/2C22H29NO5S/c2*1-5-29-22-10-7-6-9-21(22,20(25)28-4)18-15-13-17(27-3)16(26-2)12-14(15)8-11-23(18)19(22)24/h2*12-13,18H,5-11H2,1-4H3/t2*18-,21+,22+/m10/s1. The van der Waals surface area contributed by atoms with Gasteiger partial charge in [-0.3, -0.25) is 19.2 Å². The normalized spacial score (nSPS) is 30.3. The maximum atomic E-state index is 13.8. The number of esters is 2. The number of benzene rings is 2. The summed E-state index contributed by atoms with van der Waals surface area (Å²) >= 11 is 3.26. The molecule has 2 aliphatic carbocycles. The third-order valence-corrected chi connectivity index (χ3v) is 17.0. The molecule has 316 valence electrons. The van der Waals surface area contributed by atoms with Crippen molar-refractivity contribution in [3.8, 4) is 23.0 Å². The lowest BCUT2D eigenvalue weighted by Crippen LogP contribution is -2.55. The number of carbonyl (C=O) groups excluding carboxylic acids is 4. The average molecular weight is 839 g/mol. The van der Waals surface area contributed by atoms with Crippen LogP contribution >= 0.6 is 23.5 Å². The van der Waals surface area contributed by atoms with E-state index < -0.39 is 20.3 Å². The van der Waals surface area contributed by atoms with E-state index >= 15 is 0 Å². The van der Waals surface area contributed by atoms with Crippen LogP contribution in [-0.2, 0) is 41.5 Å². The Morgan fingerprint density at radius 2 is 0.931 bits per heavy atom. The van der Waals surface area contributed by atoms with Crippen molar-refractivity contribution in [3.05, 3.63) is 46.5 Å². The van der Waals surface area contributed by atoms with Crippen molar-refractivity contribution >= 4 is 47.3 Å². The van der Waals surface area contributed by atoms with E-state index in [9.17, 15) is 19.2 Å². The number of thioether (sulfide) groups is 2. The molecule has 0 radical (unpaired) electrons. The van der Waals surface area contributed by atoms with Crippen LogP contribution in [0.5, 0.6) is 23.0 Å². The average Bonchev–Trinajstić information content (AvgIpc) is 3.63. The van der Waals surface area contributed by atoms with Gasteiger partial charge in [0.15, 0.2) is 23.0 Å². The Kier molecular flexibility index (Phi) is 11.9. The molecule has 0 bridgehead atoms. The smallest absolute Gasteiger partial charge is 0.316 e. The molecule has 58 heavy (non-hydrogen) atoms. The molecule has 2 saturated carbocycles. The van der Waals surface area contributed by atoms with Gasteiger partial charge < -0.3 is 38.2 Å². The quantitative estimate of drug-likeness (QED) is 0.235. The molecule has 2 aromatic carbocycles.